The number of benzene rings is 2. The molecule has 28 heavy (non-hydrogen) atoms. The average molecular weight is 457 g/mol. The maximum atomic E-state index is 12.4. The van der Waals surface area contributed by atoms with Crippen LogP contribution in [0, 0.1) is 13.8 Å². The quantitative estimate of drug-likeness (QED) is 0.389. The van der Waals surface area contributed by atoms with E-state index in [2.05, 4.69) is 38.0 Å². The summed E-state index contributed by atoms with van der Waals surface area (Å²) in [6.45, 7) is 8.47. The molecule has 1 amide bonds. The van der Waals surface area contributed by atoms with Crippen LogP contribution in [0.4, 0.5) is 5.69 Å². The van der Waals surface area contributed by atoms with Gasteiger partial charge in [0.25, 0.3) is 0 Å². The van der Waals surface area contributed by atoms with Gasteiger partial charge in [0.2, 0.25) is 5.91 Å². The Balaban J connectivity index is 1.71. The number of carbonyl (C=O) groups excluding carboxylic acids is 1. The van der Waals surface area contributed by atoms with Gasteiger partial charge in [-0.05, 0) is 49.2 Å². The number of rotatable bonds is 7. The van der Waals surface area contributed by atoms with Gasteiger partial charge >= 0.3 is 0 Å². The van der Waals surface area contributed by atoms with Gasteiger partial charge in [0.15, 0.2) is 11.0 Å². The summed E-state index contributed by atoms with van der Waals surface area (Å²) >= 11 is 4.80. The van der Waals surface area contributed by atoms with Crippen molar-refractivity contribution in [3.8, 4) is 11.4 Å². The molecule has 0 aliphatic carbocycles. The van der Waals surface area contributed by atoms with E-state index in [4.69, 9.17) is 0 Å². The van der Waals surface area contributed by atoms with Crippen LogP contribution >= 0.6 is 27.7 Å². The number of amides is 1. The first kappa shape index (κ1) is 20.4. The van der Waals surface area contributed by atoms with E-state index in [0.29, 0.717) is 11.7 Å². The largest absolute Gasteiger partial charge is 0.325 e. The number of aryl methyl sites for hydroxylation is 2. The van der Waals surface area contributed by atoms with Crippen molar-refractivity contribution in [2.24, 2.45) is 0 Å². The minimum Gasteiger partial charge on any atom is -0.325 e. The Morgan fingerprint density at radius 2 is 1.93 bits per heavy atom. The second-order valence-electron chi connectivity index (χ2n) is 6.35. The van der Waals surface area contributed by atoms with Gasteiger partial charge in [0.05, 0.1) is 5.75 Å². The van der Waals surface area contributed by atoms with E-state index in [1.54, 1.807) is 6.08 Å². The van der Waals surface area contributed by atoms with E-state index in [0.717, 1.165) is 27.1 Å². The highest BCUT2D eigenvalue weighted by Crippen LogP contribution is 2.25. The molecule has 0 saturated heterocycles. The third-order valence-corrected chi connectivity index (χ3v) is 5.75. The molecule has 0 unspecified atom stereocenters. The molecule has 2 aromatic carbocycles. The fraction of sp³-hybridized carbons (Fsp3) is 0.190. The standard InChI is InChI=1S/C21H21BrN4OS/c1-4-11-26-20(16-6-8-17(22)9-7-16)24-25-21(26)28-13-19(27)23-18-10-5-14(2)15(3)12-18/h4-10,12H,1,11,13H2,2-3H3,(H,23,27). The first-order valence-electron chi connectivity index (χ1n) is 8.78. The molecule has 0 fully saturated rings. The highest BCUT2D eigenvalue weighted by Gasteiger charge is 2.15. The van der Waals surface area contributed by atoms with Gasteiger partial charge in [0, 0.05) is 22.3 Å². The molecular formula is C21H21BrN4OS. The molecule has 0 radical (unpaired) electrons. The number of allylic oxidation sites excluding steroid dienone is 1. The average Bonchev–Trinajstić information content (AvgIpc) is 3.07. The number of nitrogens with zero attached hydrogens (tertiary/aromatic N) is 3. The predicted octanol–water partition coefficient (Wildman–Crippen LogP) is 5.24. The number of thioether (sulfide) groups is 1. The lowest BCUT2D eigenvalue weighted by Gasteiger charge is -2.09. The smallest absolute Gasteiger partial charge is 0.234 e. The summed E-state index contributed by atoms with van der Waals surface area (Å²) in [5, 5.41) is 12.2. The fourth-order valence-corrected chi connectivity index (χ4v) is 3.66. The molecule has 5 nitrogen and oxygen atoms in total. The monoisotopic (exact) mass is 456 g/mol. The van der Waals surface area contributed by atoms with Gasteiger partial charge < -0.3 is 5.32 Å². The van der Waals surface area contributed by atoms with Crippen LogP contribution < -0.4 is 5.32 Å². The number of aromatic nitrogens is 3. The van der Waals surface area contributed by atoms with Crippen molar-refractivity contribution in [2.45, 2.75) is 25.5 Å². The highest BCUT2D eigenvalue weighted by atomic mass is 79.9. The Morgan fingerprint density at radius 3 is 2.61 bits per heavy atom. The Labute approximate surface area is 177 Å². The van der Waals surface area contributed by atoms with Crippen LogP contribution in [0.1, 0.15) is 11.1 Å². The zero-order valence-corrected chi connectivity index (χ0v) is 18.2. The molecule has 0 aliphatic heterocycles. The topological polar surface area (TPSA) is 59.8 Å². The van der Waals surface area contributed by atoms with Crippen molar-refractivity contribution in [2.75, 3.05) is 11.1 Å². The summed E-state index contributed by atoms with van der Waals surface area (Å²) in [4.78, 5) is 12.4. The molecule has 0 spiro atoms. The van der Waals surface area contributed by atoms with Crippen molar-refractivity contribution >= 4 is 39.3 Å². The number of hydrogen-bond acceptors (Lipinski definition) is 4. The SMILES string of the molecule is C=CCn1c(SCC(=O)Nc2ccc(C)c(C)c2)nnc1-c1ccc(Br)cc1. The minimum absolute atomic E-state index is 0.0772. The van der Waals surface area contributed by atoms with Crippen molar-refractivity contribution in [1.82, 2.24) is 14.8 Å². The molecule has 0 aliphatic rings. The van der Waals surface area contributed by atoms with E-state index in [1.807, 2.05) is 60.9 Å². The highest BCUT2D eigenvalue weighted by molar-refractivity contribution is 9.10. The number of hydrogen-bond donors (Lipinski definition) is 1. The van der Waals surface area contributed by atoms with Crippen LogP contribution in [0.3, 0.4) is 0 Å². The summed E-state index contributed by atoms with van der Waals surface area (Å²) in [5.74, 6) is 0.929. The number of anilines is 1. The van der Waals surface area contributed by atoms with Crippen molar-refractivity contribution < 1.29 is 4.79 Å². The molecule has 1 aromatic heterocycles. The Morgan fingerprint density at radius 1 is 1.18 bits per heavy atom. The van der Waals surface area contributed by atoms with Gasteiger partial charge in [-0.15, -0.1) is 16.8 Å². The van der Waals surface area contributed by atoms with Gasteiger partial charge in [-0.25, -0.2) is 0 Å². The summed E-state index contributed by atoms with van der Waals surface area (Å²) in [7, 11) is 0. The van der Waals surface area contributed by atoms with Gasteiger partial charge in [-0.2, -0.15) is 0 Å². The van der Waals surface area contributed by atoms with E-state index in [9.17, 15) is 4.79 Å². The van der Waals surface area contributed by atoms with Gasteiger partial charge in [0.1, 0.15) is 0 Å². The van der Waals surface area contributed by atoms with Crippen LogP contribution in [0.5, 0.6) is 0 Å². The van der Waals surface area contributed by atoms with Gasteiger partial charge in [-0.3, -0.25) is 9.36 Å². The lowest BCUT2D eigenvalue weighted by atomic mass is 10.1. The molecule has 0 atom stereocenters. The first-order chi connectivity index (χ1) is 13.5. The Hall–Kier alpha value is -2.38. The zero-order valence-electron chi connectivity index (χ0n) is 15.8. The van der Waals surface area contributed by atoms with Gasteiger partial charge in [-0.1, -0.05) is 52.0 Å². The number of carbonyl (C=O) groups is 1. The van der Waals surface area contributed by atoms with Crippen molar-refractivity contribution in [3.05, 3.63) is 70.7 Å². The second kappa shape index (κ2) is 9.21. The molecule has 1 heterocycles. The maximum absolute atomic E-state index is 12.4. The third-order valence-electron chi connectivity index (χ3n) is 4.25. The number of nitrogens with one attached hydrogen (secondary N) is 1. The molecular weight excluding hydrogens is 436 g/mol. The first-order valence-corrected chi connectivity index (χ1v) is 10.6. The molecule has 0 bridgehead atoms. The van der Waals surface area contributed by atoms with Crippen LogP contribution in [0.2, 0.25) is 0 Å². The molecule has 0 saturated carbocycles. The fourth-order valence-electron chi connectivity index (χ4n) is 2.65. The summed E-state index contributed by atoms with van der Waals surface area (Å²) in [6, 6.07) is 13.8. The van der Waals surface area contributed by atoms with Crippen LogP contribution in [-0.4, -0.2) is 26.4 Å². The Kier molecular flexibility index (Phi) is 6.70. The lowest BCUT2D eigenvalue weighted by molar-refractivity contribution is -0.113. The van der Waals surface area contributed by atoms with Crippen molar-refractivity contribution in [1.29, 1.82) is 0 Å². The Bertz CT molecular complexity index is 998. The third kappa shape index (κ3) is 4.91. The number of halogens is 1. The van der Waals surface area contributed by atoms with E-state index >= 15 is 0 Å². The van der Waals surface area contributed by atoms with Crippen LogP contribution in [0.25, 0.3) is 11.4 Å². The van der Waals surface area contributed by atoms with E-state index in [-0.39, 0.29) is 11.7 Å². The van der Waals surface area contributed by atoms with E-state index in [1.165, 1.54) is 17.3 Å². The van der Waals surface area contributed by atoms with Crippen LogP contribution in [0.15, 0.2) is 64.7 Å². The lowest BCUT2D eigenvalue weighted by Crippen LogP contribution is -2.14. The predicted molar refractivity (Wildman–Crippen MR) is 119 cm³/mol. The minimum atomic E-state index is -0.0772. The molecule has 1 N–H and O–H groups in total. The molecule has 3 aromatic rings. The second-order valence-corrected chi connectivity index (χ2v) is 8.21. The summed E-state index contributed by atoms with van der Waals surface area (Å²) in [5.41, 5.74) is 4.11. The molecule has 7 heteroatoms. The normalized spacial score (nSPS) is 10.7. The van der Waals surface area contributed by atoms with Crippen molar-refractivity contribution in [3.63, 3.8) is 0 Å². The van der Waals surface area contributed by atoms with E-state index < -0.39 is 0 Å². The summed E-state index contributed by atoms with van der Waals surface area (Å²) in [6.07, 6.45) is 1.80. The molecule has 144 valence electrons. The summed E-state index contributed by atoms with van der Waals surface area (Å²) < 4.78 is 2.97. The van der Waals surface area contributed by atoms with Crippen LogP contribution in [-0.2, 0) is 11.3 Å². The molecule has 3 rings (SSSR count). The zero-order chi connectivity index (χ0) is 20.1. The maximum Gasteiger partial charge on any atom is 0.234 e.